The molecule has 0 amide bonds. The van der Waals surface area contributed by atoms with Crippen LogP contribution in [-0.2, 0) is 6.54 Å². The molecule has 0 aliphatic carbocycles. The van der Waals surface area contributed by atoms with Gasteiger partial charge in [0.1, 0.15) is 0 Å². The number of rotatable bonds is 5. The molecule has 1 aromatic heterocycles. The normalized spacial score (nSPS) is 10.2. The number of hydrogen-bond donors (Lipinski definition) is 1. The van der Waals surface area contributed by atoms with Gasteiger partial charge in [-0.2, -0.15) is 0 Å². The van der Waals surface area contributed by atoms with E-state index in [2.05, 4.69) is 21.8 Å². The van der Waals surface area contributed by atoms with Gasteiger partial charge in [-0.25, -0.2) is 9.97 Å². The third-order valence-corrected chi connectivity index (χ3v) is 2.12. The largest absolute Gasteiger partial charge is 0.344 e. The summed E-state index contributed by atoms with van der Waals surface area (Å²) in [5, 5.41) is 0. The average Bonchev–Trinajstić information content (AvgIpc) is 2.26. The van der Waals surface area contributed by atoms with Gasteiger partial charge in [0.25, 0.3) is 0 Å². The van der Waals surface area contributed by atoms with E-state index < -0.39 is 0 Å². The van der Waals surface area contributed by atoms with Crippen molar-refractivity contribution in [1.82, 2.24) is 9.97 Å². The molecule has 4 heteroatoms. The van der Waals surface area contributed by atoms with Gasteiger partial charge in [0.05, 0.1) is 0 Å². The van der Waals surface area contributed by atoms with Crippen LogP contribution < -0.4 is 10.6 Å². The van der Waals surface area contributed by atoms with Crippen molar-refractivity contribution in [3.05, 3.63) is 18.0 Å². The summed E-state index contributed by atoms with van der Waals surface area (Å²) in [5.41, 5.74) is 6.43. The Bertz CT molecular complexity index is 257. The molecule has 0 atom stereocenters. The quantitative estimate of drug-likeness (QED) is 0.764. The predicted octanol–water partition coefficient (Wildman–Crippen LogP) is 1.17. The topological polar surface area (TPSA) is 55.0 Å². The Morgan fingerprint density at radius 1 is 1.36 bits per heavy atom. The molecule has 0 aliphatic heterocycles. The highest BCUT2D eigenvalue weighted by molar-refractivity contribution is 5.27. The summed E-state index contributed by atoms with van der Waals surface area (Å²) in [7, 11) is 2.01. The summed E-state index contributed by atoms with van der Waals surface area (Å²) in [6.45, 7) is 3.67. The summed E-state index contributed by atoms with van der Waals surface area (Å²) in [4.78, 5) is 10.5. The SMILES string of the molecule is CCCCN(C)c1ncc(CN)cn1. The molecule has 0 bridgehead atoms. The second kappa shape index (κ2) is 5.54. The van der Waals surface area contributed by atoms with Crippen LogP contribution in [0.1, 0.15) is 25.3 Å². The minimum absolute atomic E-state index is 0.499. The zero-order valence-electron chi connectivity index (χ0n) is 8.90. The van der Waals surface area contributed by atoms with Crippen LogP contribution in [0.4, 0.5) is 5.95 Å². The van der Waals surface area contributed by atoms with Crippen molar-refractivity contribution in [2.75, 3.05) is 18.5 Å². The van der Waals surface area contributed by atoms with Crippen molar-refractivity contribution < 1.29 is 0 Å². The lowest BCUT2D eigenvalue weighted by Crippen LogP contribution is -2.20. The number of anilines is 1. The van der Waals surface area contributed by atoms with E-state index in [-0.39, 0.29) is 0 Å². The first-order valence-electron chi connectivity index (χ1n) is 5.00. The predicted molar refractivity (Wildman–Crippen MR) is 58.1 cm³/mol. The number of unbranched alkanes of at least 4 members (excludes halogenated alkanes) is 1. The van der Waals surface area contributed by atoms with Crippen molar-refractivity contribution in [3.63, 3.8) is 0 Å². The van der Waals surface area contributed by atoms with Crippen LogP contribution in [0.25, 0.3) is 0 Å². The van der Waals surface area contributed by atoms with Crippen molar-refractivity contribution >= 4 is 5.95 Å². The third kappa shape index (κ3) is 2.96. The van der Waals surface area contributed by atoms with Gasteiger partial charge >= 0.3 is 0 Å². The monoisotopic (exact) mass is 194 g/mol. The molecule has 14 heavy (non-hydrogen) atoms. The van der Waals surface area contributed by atoms with E-state index in [1.54, 1.807) is 12.4 Å². The van der Waals surface area contributed by atoms with E-state index >= 15 is 0 Å². The average molecular weight is 194 g/mol. The van der Waals surface area contributed by atoms with Crippen molar-refractivity contribution in [1.29, 1.82) is 0 Å². The molecular weight excluding hydrogens is 176 g/mol. The molecule has 0 saturated carbocycles. The van der Waals surface area contributed by atoms with E-state index in [0.717, 1.165) is 18.1 Å². The zero-order chi connectivity index (χ0) is 10.4. The van der Waals surface area contributed by atoms with Crippen molar-refractivity contribution in [2.45, 2.75) is 26.3 Å². The smallest absolute Gasteiger partial charge is 0.224 e. The van der Waals surface area contributed by atoms with Gasteiger partial charge in [-0.15, -0.1) is 0 Å². The minimum atomic E-state index is 0.499. The Hall–Kier alpha value is -1.16. The molecule has 2 N–H and O–H groups in total. The Kier molecular flexibility index (Phi) is 4.32. The number of aromatic nitrogens is 2. The first-order chi connectivity index (χ1) is 6.77. The lowest BCUT2D eigenvalue weighted by molar-refractivity contribution is 0.748. The molecule has 0 aromatic carbocycles. The Balaban J connectivity index is 2.57. The van der Waals surface area contributed by atoms with Crippen LogP contribution in [0.5, 0.6) is 0 Å². The highest BCUT2D eigenvalue weighted by Gasteiger charge is 2.02. The summed E-state index contributed by atoms with van der Waals surface area (Å²) >= 11 is 0. The maximum Gasteiger partial charge on any atom is 0.224 e. The van der Waals surface area contributed by atoms with Crippen LogP contribution in [0, 0.1) is 0 Å². The van der Waals surface area contributed by atoms with Crippen LogP contribution in [0.15, 0.2) is 12.4 Å². The van der Waals surface area contributed by atoms with E-state index in [4.69, 9.17) is 5.73 Å². The molecule has 0 aliphatic rings. The fraction of sp³-hybridized carbons (Fsp3) is 0.600. The second-order valence-electron chi connectivity index (χ2n) is 3.37. The van der Waals surface area contributed by atoms with Crippen molar-refractivity contribution in [3.8, 4) is 0 Å². The lowest BCUT2D eigenvalue weighted by Gasteiger charge is -2.16. The van der Waals surface area contributed by atoms with Gasteiger partial charge in [0, 0.05) is 38.1 Å². The standard InChI is InChI=1S/C10H18N4/c1-3-4-5-14(2)10-12-7-9(6-11)8-13-10/h7-8H,3-6,11H2,1-2H3. The molecule has 0 radical (unpaired) electrons. The molecule has 1 heterocycles. The minimum Gasteiger partial charge on any atom is -0.344 e. The number of nitrogens with zero attached hydrogens (tertiary/aromatic N) is 3. The van der Waals surface area contributed by atoms with Gasteiger partial charge < -0.3 is 10.6 Å². The van der Waals surface area contributed by atoms with E-state index in [1.165, 1.54) is 12.8 Å². The Labute approximate surface area is 85.2 Å². The fourth-order valence-electron chi connectivity index (χ4n) is 1.15. The van der Waals surface area contributed by atoms with Gasteiger partial charge in [-0.05, 0) is 6.42 Å². The molecule has 4 nitrogen and oxygen atoms in total. The Morgan fingerprint density at radius 2 is 2.00 bits per heavy atom. The van der Waals surface area contributed by atoms with Crippen LogP contribution in [0.3, 0.4) is 0 Å². The van der Waals surface area contributed by atoms with Crippen LogP contribution >= 0.6 is 0 Å². The number of hydrogen-bond acceptors (Lipinski definition) is 4. The molecule has 0 spiro atoms. The Morgan fingerprint density at radius 3 is 2.50 bits per heavy atom. The highest BCUT2D eigenvalue weighted by Crippen LogP contribution is 2.05. The van der Waals surface area contributed by atoms with Gasteiger partial charge in [0.2, 0.25) is 5.95 Å². The van der Waals surface area contributed by atoms with E-state index in [1.807, 2.05) is 7.05 Å². The molecule has 1 aromatic rings. The van der Waals surface area contributed by atoms with Gasteiger partial charge in [-0.3, -0.25) is 0 Å². The van der Waals surface area contributed by atoms with Gasteiger partial charge in [0.15, 0.2) is 0 Å². The first kappa shape index (κ1) is 10.9. The highest BCUT2D eigenvalue weighted by atomic mass is 15.2. The lowest BCUT2D eigenvalue weighted by atomic mass is 10.3. The van der Waals surface area contributed by atoms with Gasteiger partial charge in [-0.1, -0.05) is 13.3 Å². The summed E-state index contributed by atoms with van der Waals surface area (Å²) in [6.07, 6.45) is 5.92. The van der Waals surface area contributed by atoms with E-state index in [9.17, 15) is 0 Å². The van der Waals surface area contributed by atoms with Crippen LogP contribution in [0.2, 0.25) is 0 Å². The second-order valence-corrected chi connectivity index (χ2v) is 3.37. The summed E-state index contributed by atoms with van der Waals surface area (Å²) in [5.74, 6) is 0.774. The maximum atomic E-state index is 5.46. The molecule has 1 rings (SSSR count). The zero-order valence-corrected chi connectivity index (χ0v) is 8.90. The molecule has 78 valence electrons. The molecular formula is C10H18N4. The third-order valence-electron chi connectivity index (χ3n) is 2.12. The van der Waals surface area contributed by atoms with E-state index in [0.29, 0.717) is 6.54 Å². The molecule has 0 saturated heterocycles. The molecule has 0 fully saturated rings. The molecule has 0 unspecified atom stereocenters. The van der Waals surface area contributed by atoms with Crippen LogP contribution in [-0.4, -0.2) is 23.6 Å². The first-order valence-corrected chi connectivity index (χ1v) is 5.00. The summed E-state index contributed by atoms with van der Waals surface area (Å²) in [6, 6.07) is 0. The fourth-order valence-corrected chi connectivity index (χ4v) is 1.15. The van der Waals surface area contributed by atoms with Crippen molar-refractivity contribution in [2.24, 2.45) is 5.73 Å². The summed E-state index contributed by atoms with van der Waals surface area (Å²) < 4.78 is 0. The maximum absolute atomic E-state index is 5.46. The number of nitrogens with two attached hydrogens (primary N) is 1.